The summed E-state index contributed by atoms with van der Waals surface area (Å²) in [6, 6.07) is 3.42. The second-order valence-corrected chi connectivity index (χ2v) is 8.49. The van der Waals surface area contributed by atoms with Crippen LogP contribution in [0.5, 0.6) is 0 Å². The monoisotopic (exact) mass is 362 g/mol. The summed E-state index contributed by atoms with van der Waals surface area (Å²) in [6.45, 7) is -0.355. The highest BCUT2D eigenvalue weighted by Crippen LogP contribution is 2.56. The number of esters is 1. The normalized spacial score (nSPS) is 32.2. The molecular weight excluding hydrogens is 340 g/mol. The van der Waals surface area contributed by atoms with Crippen molar-refractivity contribution >= 4 is 29.1 Å². The van der Waals surface area contributed by atoms with Crippen LogP contribution in [0.4, 0.5) is 0 Å². The maximum absolute atomic E-state index is 12.5. The maximum Gasteiger partial charge on any atom is 0.310 e. The van der Waals surface area contributed by atoms with E-state index in [4.69, 9.17) is 4.74 Å². The molecule has 25 heavy (non-hydrogen) atoms. The summed E-state index contributed by atoms with van der Waals surface area (Å²) in [5, 5.41) is 1.78. The Kier molecular flexibility index (Phi) is 4.50. The number of amides is 2. The molecule has 0 aliphatic heterocycles. The van der Waals surface area contributed by atoms with Crippen molar-refractivity contribution < 1.29 is 19.1 Å². The van der Waals surface area contributed by atoms with E-state index in [1.165, 1.54) is 17.8 Å². The van der Waals surface area contributed by atoms with Gasteiger partial charge in [-0.2, -0.15) is 0 Å². The van der Waals surface area contributed by atoms with Crippen LogP contribution in [0.15, 0.2) is 17.5 Å². The van der Waals surface area contributed by atoms with E-state index < -0.39 is 5.91 Å². The first-order valence-electron chi connectivity index (χ1n) is 8.89. The number of hydrogen-bond donors (Lipinski definition) is 2. The molecule has 4 aliphatic carbocycles. The number of rotatable bonds is 4. The first-order chi connectivity index (χ1) is 12.1. The molecule has 1 aromatic heterocycles. The minimum Gasteiger partial charge on any atom is -0.455 e. The smallest absolute Gasteiger partial charge is 0.310 e. The standard InChI is InChI=1S/C18H22N2O4S/c21-15(19-20-17(22)14-2-1-3-25-14)9-24-18(23)16-12-5-10-4-11(7-12)8-13(16)6-10/h1-3,10-13,16H,4-9H2,(H,19,21)(H,20,22). The van der Waals surface area contributed by atoms with Crippen molar-refractivity contribution in [2.24, 2.45) is 29.6 Å². The third-order valence-corrected chi connectivity index (χ3v) is 6.77. The lowest BCUT2D eigenvalue weighted by Gasteiger charge is -2.53. The summed E-state index contributed by atoms with van der Waals surface area (Å²) >= 11 is 1.28. The van der Waals surface area contributed by atoms with Crippen LogP contribution in [0.3, 0.4) is 0 Å². The Morgan fingerprint density at radius 1 is 1.04 bits per heavy atom. The molecule has 0 radical (unpaired) electrons. The molecule has 0 atom stereocenters. The number of ether oxygens (including phenoxy) is 1. The number of carbonyl (C=O) groups is 3. The maximum atomic E-state index is 12.5. The molecule has 4 fully saturated rings. The van der Waals surface area contributed by atoms with E-state index in [2.05, 4.69) is 10.9 Å². The van der Waals surface area contributed by atoms with Gasteiger partial charge in [-0.1, -0.05) is 6.07 Å². The lowest BCUT2D eigenvalue weighted by molar-refractivity contribution is -0.164. The van der Waals surface area contributed by atoms with Crippen LogP contribution >= 0.6 is 11.3 Å². The molecule has 7 heteroatoms. The van der Waals surface area contributed by atoms with Gasteiger partial charge in [0.15, 0.2) is 6.61 Å². The highest BCUT2D eigenvalue weighted by molar-refractivity contribution is 7.12. The van der Waals surface area contributed by atoms with Crippen LogP contribution in [0.2, 0.25) is 0 Å². The molecular formula is C18H22N2O4S. The van der Waals surface area contributed by atoms with Gasteiger partial charge in [0.05, 0.1) is 10.8 Å². The molecule has 0 spiro atoms. The second-order valence-electron chi connectivity index (χ2n) is 7.54. The SMILES string of the molecule is O=C(COC(=O)C1C2CC3CC(C2)CC1C3)NNC(=O)c1cccs1. The topological polar surface area (TPSA) is 84.5 Å². The van der Waals surface area contributed by atoms with Gasteiger partial charge in [-0.05, 0) is 67.2 Å². The largest absolute Gasteiger partial charge is 0.455 e. The average Bonchev–Trinajstić information content (AvgIpc) is 3.11. The van der Waals surface area contributed by atoms with Crippen LogP contribution in [-0.4, -0.2) is 24.4 Å². The Morgan fingerprint density at radius 3 is 2.32 bits per heavy atom. The molecule has 2 amide bonds. The van der Waals surface area contributed by atoms with E-state index in [-0.39, 0.29) is 24.4 Å². The summed E-state index contributed by atoms with van der Waals surface area (Å²) in [7, 11) is 0. The average molecular weight is 362 g/mol. The number of hydrogen-bond acceptors (Lipinski definition) is 5. The number of carbonyl (C=O) groups excluding carboxylic acids is 3. The van der Waals surface area contributed by atoms with Gasteiger partial charge in [0.2, 0.25) is 0 Å². The van der Waals surface area contributed by atoms with Gasteiger partial charge in [0.1, 0.15) is 0 Å². The third-order valence-electron chi connectivity index (χ3n) is 5.90. The van der Waals surface area contributed by atoms with Gasteiger partial charge < -0.3 is 4.74 Å². The van der Waals surface area contributed by atoms with Crippen molar-refractivity contribution in [1.82, 2.24) is 10.9 Å². The summed E-state index contributed by atoms with van der Waals surface area (Å²) in [6.07, 6.45) is 5.87. The summed E-state index contributed by atoms with van der Waals surface area (Å²) < 4.78 is 5.25. The molecule has 2 N–H and O–H groups in total. The van der Waals surface area contributed by atoms with Crippen LogP contribution in [0, 0.1) is 29.6 Å². The highest BCUT2D eigenvalue weighted by atomic mass is 32.1. The van der Waals surface area contributed by atoms with E-state index in [1.807, 2.05) is 0 Å². The Morgan fingerprint density at radius 2 is 1.72 bits per heavy atom. The summed E-state index contributed by atoms with van der Waals surface area (Å²) in [5.74, 6) is 1.27. The van der Waals surface area contributed by atoms with E-state index >= 15 is 0 Å². The van der Waals surface area contributed by atoms with Crippen LogP contribution in [0.1, 0.15) is 41.8 Å². The van der Waals surface area contributed by atoms with Crippen LogP contribution < -0.4 is 10.9 Å². The fourth-order valence-corrected chi connectivity index (χ4v) is 5.79. The van der Waals surface area contributed by atoms with Gasteiger partial charge >= 0.3 is 5.97 Å². The predicted molar refractivity (Wildman–Crippen MR) is 91.4 cm³/mol. The molecule has 0 unspecified atom stereocenters. The Bertz CT molecular complexity index is 645. The Balaban J connectivity index is 1.23. The molecule has 4 saturated carbocycles. The van der Waals surface area contributed by atoms with Gasteiger partial charge in [-0.25, -0.2) is 0 Å². The van der Waals surface area contributed by atoms with E-state index in [1.54, 1.807) is 17.5 Å². The number of nitrogens with one attached hydrogen (secondary N) is 2. The van der Waals surface area contributed by atoms with Gasteiger partial charge in [-0.3, -0.25) is 25.2 Å². The molecule has 0 aromatic carbocycles. The fourth-order valence-electron chi connectivity index (χ4n) is 5.17. The minimum atomic E-state index is -0.526. The molecule has 5 rings (SSSR count). The quantitative estimate of drug-likeness (QED) is 0.635. The molecule has 1 aromatic rings. The fraction of sp³-hybridized carbons (Fsp3) is 0.611. The van der Waals surface area contributed by atoms with Gasteiger partial charge in [0, 0.05) is 0 Å². The molecule has 4 bridgehead atoms. The van der Waals surface area contributed by atoms with Crippen molar-refractivity contribution in [3.63, 3.8) is 0 Å². The first-order valence-corrected chi connectivity index (χ1v) is 9.77. The van der Waals surface area contributed by atoms with Gasteiger partial charge in [0.25, 0.3) is 11.8 Å². The minimum absolute atomic E-state index is 0.0405. The van der Waals surface area contributed by atoms with E-state index in [0.717, 1.165) is 37.5 Å². The predicted octanol–water partition coefficient (Wildman–Crippen LogP) is 2.12. The lowest BCUT2D eigenvalue weighted by atomic mass is 9.52. The number of hydrazine groups is 1. The van der Waals surface area contributed by atoms with Crippen molar-refractivity contribution in [2.75, 3.05) is 6.61 Å². The molecule has 1 heterocycles. The molecule has 4 aliphatic rings. The summed E-state index contributed by atoms with van der Waals surface area (Å²) in [4.78, 5) is 36.5. The zero-order valence-electron chi connectivity index (χ0n) is 13.9. The highest BCUT2D eigenvalue weighted by Gasteiger charge is 2.51. The first kappa shape index (κ1) is 16.6. The van der Waals surface area contributed by atoms with Crippen molar-refractivity contribution in [1.29, 1.82) is 0 Å². The molecule has 134 valence electrons. The van der Waals surface area contributed by atoms with E-state index in [0.29, 0.717) is 16.7 Å². The van der Waals surface area contributed by atoms with Crippen LogP contribution in [0.25, 0.3) is 0 Å². The van der Waals surface area contributed by atoms with E-state index in [9.17, 15) is 14.4 Å². The second kappa shape index (κ2) is 6.78. The van der Waals surface area contributed by atoms with Crippen molar-refractivity contribution in [2.45, 2.75) is 32.1 Å². The Labute approximate surface area is 150 Å². The van der Waals surface area contributed by atoms with Crippen molar-refractivity contribution in [3.8, 4) is 0 Å². The Hall–Kier alpha value is -1.89. The zero-order valence-corrected chi connectivity index (χ0v) is 14.7. The van der Waals surface area contributed by atoms with Crippen LogP contribution in [-0.2, 0) is 14.3 Å². The number of thiophene rings is 1. The zero-order chi connectivity index (χ0) is 17.4. The molecule has 6 nitrogen and oxygen atoms in total. The molecule has 0 saturated heterocycles. The summed E-state index contributed by atoms with van der Waals surface area (Å²) in [5.41, 5.74) is 4.60. The lowest BCUT2D eigenvalue weighted by Crippen LogP contribution is -2.49. The van der Waals surface area contributed by atoms with Gasteiger partial charge in [-0.15, -0.1) is 11.3 Å². The van der Waals surface area contributed by atoms with Crippen molar-refractivity contribution in [3.05, 3.63) is 22.4 Å². The third kappa shape index (κ3) is 3.42.